The average molecular weight is 408 g/mol. The van der Waals surface area contributed by atoms with Crippen molar-refractivity contribution in [3.05, 3.63) is 59.1 Å². The first kappa shape index (κ1) is 19.7. The molecule has 0 radical (unpaired) electrons. The number of fused-ring (bicyclic) bond motifs is 1. The Kier molecular flexibility index (Phi) is 5.74. The summed E-state index contributed by atoms with van der Waals surface area (Å²) in [5, 5.41) is 4.18. The second kappa shape index (κ2) is 8.43. The first-order valence-electron chi connectivity index (χ1n) is 10.0. The Bertz CT molecular complexity index is 987. The molecule has 1 aliphatic rings. The SMILES string of the molecule is CC(=O)c1ccc(NC(=O)[C@H](C)N2CCC(c3nc4ccccc4s3)CC2)cc1. The summed E-state index contributed by atoms with van der Waals surface area (Å²) in [6, 6.07) is 15.1. The Morgan fingerprint density at radius 1 is 1.10 bits per heavy atom. The molecule has 0 spiro atoms. The van der Waals surface area contributed by atoms with Crippen LogP contribution in [0.25, 0.3) is 10.2 Å². The number of carbonyl (C=O) groups is 2. The third-order valence-electron chi connectivity index (χ3n) is 5.68. The highest BCUT2D eigenvalue weighted by molar-refractivity contribution is 7.18. The fourth-order valence-corrected chi connectivity index (χ4v) is 4.94. The van der Waals surface area contributed by atoms with Gasteiger partial charge >= 0.3 is 0 Å². The number of ketones is 1. The van der Waals surface area contributed by atoms with Crippen molar-refractivity contribution in [3.63, 3.8) is 0 Å². The zero-order chi connectivity index (χ0) is 20.4. The summed E-state index contributed by atoms with van der Waals surface area (Å²) in [6.45, 7) is 5.27. The molecule has 0 saturated carbocycles. The topological polar surface area (TPSA) is 62.3 Å². The van der Waals surface area contributed by atoms with Crippen LogP contribution in [0.4, 0.5) is 5.69 Å². The Balaban J connectivity index is 1.33. The molecule has 4 rings (SSSR count). The monoisotopic (exact) mass is 407 g/mol. The highest BCUT2D eigenvalue weighted by Gasteiger charge is 2.28. The van der Waals surface area contributed by atoms with Crippen molar-refractivity contribution in [3.8, 4) is 0 Å². The number of anilines is 1. The number of rotatable bonds is 5. The van der Waals surface area contributed by atoms with Gasteiger partial charge in [-0.1, -0.05) is 12.1 Å². The standard InChI is InChI=1S/C23H25N3O2S/c1-15(22(28)24-19-9-7-17(8-10-19)16(2)27)26-13-11-18(12-14-26)23-25-20-5-3-4-6-21(20)29-23/h3-10,15,18H,11-14H2,1-2H3,(H,24,28)/t15-/m0/s1. The van der Waals surface area contributed by atoms with Crippen LogP contribution < -0.4 is 5.32 Å². The van der Waals surface area contributed by atoms with Gasteiger partial charge in [-0.15, -0.1) is 11.3 Å². The first-order valence-corrected chi connectivity index (χ1v) is 10.8. The number of nitrogens with one attached hydrogen (secondary N) is 1. The van der Waals surface area contributed by atoms with Gasteiger partial charge in [0, 0.05) is 17.2 Å². The molecule has 3 aromatic rings. The molecular weight excluding hydrogens is 382 g/mol. The summed E-state index contributed by atoms with van der Waals surface area (Å²) in [4.78, 5) is 31.1. The third-order valence-corrected chi connectivity index (χ3v) is 6.87. The van der Waals surface area contributed by atoms with Crippen molar-refractivity contribution >= 4 is 38.9 Å². The lowest BCUT2D eigenvalue weighted by Gasteiger charge is -2.34. The minimum Gasteiger partial charge on any atom is -0.325 e. The van der Waals surface area contributed by atoms with Gasteiger partial charge in [0.2, 0.25) is 5.91 Å². The van der Waals surface area contributed by atoms with E-state index in [-0.39, 0.29) is 17.7 Å². The van der Waals surface area contributed by atoms with Crippen LogP contribution in [0.1, 0.15) is 48.0 Å². The molecule has 1 atom stereocenters. The van der Waals surface area contributed by atoms with Gasteiger partial charge in [0.1, 0.15) is 0 Å². The average Bonchev–Trinajstić information content (AvgIpc) is 3.18. The molecular formula is C23H25N3O2S. The Morgan fingerprint density at radius 3 is 2.45 bits per heavy atom. The lowest BCUT2D eigenvalue weighted by atomic mass is 9.96. The van der Waals surface area contributed by atoms with E-state index < -0.39 is 0 Å². The number of benzene rings is 2. The Labute approximate surface area is 174 Å². The molecule has 6 heteroatoms. The predicted molar refractivity (Wildman–Crippen MR) is 118 cm³/mol. The van der Waals surface area contributed by atoms with Gasteiger partial charge in [-0.3, -0.25) is 14.5 Å². The number of aromatic nitrogens is 1. The van der Waals surface area contributed by atoms with Gasteiger partial charge in [0.25, 0.3) is 0 Å². The summed E-state index contributed by atoms with van der Waals surface area (Å²) in [7, 11) is 0. The minimum absolute atomic E-state index is 0.0148. The molecule has 5 nitrogen and oxygen atoms in total. The van der Waals surface area contributed by atoms with Crippen LogP contribution >= 0.6 is 11.3 Å². The number of likely N-dealkylation sites (tertiary alicyclic amines) is 1. The smallest absolute Gasteiger partial charge is 0.241 e. The highest BCUT2D eigenvalue weighted by atomic mass is 32.1. The van der Waals surface area contributed by atoms with E-state index in [0.717, 1.165) is 37.1 Å². The molecule has 150 valence electrons. The third kappa shape index (κ3) is 4.38. The van der Waals surface area contributed by atoms with Crippen molar-refractivity contribution < 1.29 is 9.59 Å². The molecule has 2 heterocycles. The molecule has 2 aromatic carbocycles. The van der Waals surface area contributed by atoms with Gasteiger partial charge in [0.15, 0.2) is 5.78 Å². The van der Waals surface area contributed by atoms with Gasteiger partial charge in [-0.05, 0) is 76.2 Å². The molecule has 1 fully saturated rings. The summed E-state index contributed by atoms with van der Waals surface area (Å²) >= 11 is 1.79. The quantitative estimate of drug-likeness (QED) is 0.623. The summed E-state index contributed by atoms with van der Waals surface area (Å²) in [5.74, 6) is 0.476. The van der Waals surface area contributed by atoms with Crippen LogP contribution in [0.15, 0.2) is 48.5 Å². The lowest BCUT2D eigenvalue weighted by Crippen LogP contribution is -2.45. The van der Waals surface area contributed by atoms with Crippen LogP contribution in [-0.4, -0.2) is 40.7 Å². The second-order valence-electron chi connectivity index (χ2n) is 7.63. The normalized spacial score (nSPS) is 16.6. The maximum atomic E-state index is 12.7. The number of thiazole rings is 1. The predicted octanol–water partition coefficient (Wildman–Crippen LogP) is 4.71. The zero-order valence-electron chi connectivity index (χ0n) is 16.7. The van der Waals surface area contributed by atoms with Crippen molar-refractivity contribution in [2.24, 2.45) is 0 Å². The second-order valence-corrected chi connectivity index (χ2v) is 8.69. The van der Waals surface area contributed by atoms with E-state index in [0.29, 0.717) is 11.5 Å². The van der Waals surface area contributed by atoms with E-state index in [4.69, 9.17) is 4.98 Å². The maximum Gasteiger partial charge on any atom is 0.241 e. The molecule has 0 unspecified atom stereocenters. The number of piperidine rings is 1. The minimum atomic E-state index is -0.196. The number of hydrogen-bond acceptors (Lipinski definition) is 5. The molecule has 0 bridgehead atoms. The molecule has 1 amide bonds. The van der Waals surface area contributed by atoms with Crippen LogP contribution in [0.5, 0.6) is 0 Å². The van der Waals surface area contributed by atoms with Gasteiger partial charge in [-0.2, -0.15) is 0 Å². The van der Waals surface area contributed by atoms with Gasteiger partial charge < -0.3 is 5.32 Å². The lowest BCUT2D eigenvalue weighted by molar-refractivity contribution is -0.121. The van der Waals surface area contributed by atoms with Crippen molar-refractivity contribution in [1.82, 2.24) is 9.88 Å². The Hall–Kier alpha value is -2.57. The summed E-state index contributed by atoms with van der Waals surface area (Å²) in [5.41, 5.74) is 2.45. The fraction of sp³-hybridized carbons (Fsp3) is 0.348. The van der Waals surface area contributed by atoms with Crippen molar-refractivity contribution in [1.29, 1.82) is 0 Å². The van der Waals surface area contributed by atoms with E-state index >= 15 is 0 Å². The van der Waals surface area contributed by atoms with Crippen LogP contribution in [0.3, 0.4) is 0 Å². The maximum absolute atomic E-state index is 12.7. The van der Waals surface area contributed by atoms with E-state index in [9.17, 15) is 9.59 Å². The Morgan fingerprint density at radius 2 is 1.79 bits per heavy atom. The van der Waals surface area contributed by atoms with Gasteiger partial charge in [-0.25, -0.2) is 4.98 Å². The van der Waals surface area contributed by atoms with Crippen LogP contribution in [0.2, 0.25) is 0 Å². The first-order chi connectivity index (χ1) is 14.0. The molecule has 1 saturated heterocycles. The van der Waals surface area contributed by atoms with Crippen molar-refractivity contribution in [2.75, 3.05) is 18.4 Å². The fourth-order valence-electron chi connectivity index (χ4n) is 3.80. The largest absolute Gasteiger partial charge is 0.325 e. The molecule has 1 N–H and O–H groups in total. The number of carbonyl (C=O) groups excluding carboxylic acids is 2. The van der Waals surface area contributed by atoms with Crippen LogP contribution in [0, 0.1) is 0 Å². The molecule has 1 aliphatic heterocycles. The summed E-state index contributed by atoms with van der Waals surface area (Å²) < 4.78 is 1.24. The number of Topliss-reactive ketones (excluding diaryl/α,β-unsaturated/α-hetero) is 1. The van der Waals surface area contributed by atoms with Gasteiger partial charge in [0.05, 0.1) is 21.3 Å². The van der Waals surface area contributed by atoms with E-state index in [1.54, 1.807) is 35.6 Å². The van der Waals surface area contributed by atoms with E-state index in [1.165, 1.54) is 16.6 Å². The van der Waals surface area contributed by atoms with Crippen LogP contribution in [-0.2, 0) is 4.79 Å². The molecule has 29 heavy (non-hydrogen) atoms. The highest BCUT2D eigenvalue weighted by Crippen LogP contribution is 2.34. The zero-order valence-corrected chi connectivity index (χ0v) is 17.5. The number of amides is 1. The number of nitrogens with zero attached hydrogens (tertiary/aromatic N) is 2. The summed E-state index contributed by atoms with van der Waals surface area (Å²) in [6.07, 6.45) is 2.04. The van der Waals surface area contributed by atoms with E-state index in [2.05, 4.69) is 28.4 Å². The number of para-hydroxylation sites is 1. The number of hydrogen-bond donors (Lipinski definition) is 1. The molecule has 0 aliphatic carbocycles. The van der Waals surface area contributed by atoms with E-state index in [1.807, 2.05) is 13.0 Å². The van der Waals surface area contributed by atoms with Crippen molar-refractivity contribution in [2.45, 2.75) is 38.6 Å². The molecule has 1 aromatic heterocycles.